The molecule has 1 N–H and O–H groups in total. The lowest BCUT2D eigenvalue weighted by molar-refractivity contribution is 0.0972. The first-order chi connectivity index (χ1) is 17.1. The molecule has 1 aromatic heterocycles. The average molecular weight is 468 g/mol. The summed E-state index contributed by atoms with van der Waals surface area (Å²) in [5.74, 6) is -0.852. The van der Waals surface area contributed by atoms with Gasteiger partial charge in [0.25, 0.3) is 5.91 Å². The van der Waals surface area contributed by atoms with Crippen molar-refractivity contribution in [1.29, 1.82) is 0 Å². The largest absolute Gasteiger partial charge is 0.340 e. The van der Waals surface area contributed by atoms with E-state index in [1.807, 2.05) is 54.6 Å². The van der Waals surface area contributed by atoms with Crippen molar-refractivity contribution >= 4 is 22.6 Å². The van der Waals surface area contributed by atoms with Crippen LogP contribution in [0.3, 0.4) is 0 Å². The number of aryl methyl sites for hydroxylation is 1. The first kappa shape index (κ1) is 22.5. The topological polar surface area (TPSA) is 49.0 Å². The number of hydrogen-bond donors (Lipinski definition) is 1. The number of aromatic nitrogens is 2. The monoisotopic (exact) mass is 467 g/mol. The van der Waals surface area contributed by atoms with E-state index in [1.54, 1.807) is 18.2 Å². The molecule has 1 atom stereocenters. The molecule has 0 saturated heterocycles. The molecule has 5 rings (SSSR count). The summed E-state index contributed by atoms with van der Waals surface area (Å²) >= 11 is 0. The number of hydrogen-bond acceptors (Lipinski definition) is 2. The number of rotatable bonds is 7. The van der Waals surface area contributed by atoms with E-state index in [0.29, 0.717) is 18.7 Å². The molecule has 0 aliphatic heterocycles. The van der Waals surface area contributed by atoms with E-state index < -0.39 is 23.6 Å². The number of benzene rings is 4. The van der Waals surface area contributed by atoms with Crippen molar-refractivity contribution in [3.05, 3.63) is 132 Å². The number of nitrogens with zero attached hydrogens (tertiary/aromatic N) is 2. The van der Waals surface area contributed by atoms with Gasteiger partial charge < -0.3 is 4.98 Å². The third kappa shape index (κ3) is 4.82. The van der Waals surface area contributed by atoms with Crippen LogP contribution in [0.5, 0.6) is 0 Å². The molecule has 4 nitrogen and oxygen atoms in total. The molecular weight excluding hydrogens is 444 g/mol. The Morgan fingerprint density at radius 2 is 1.51 bits per heavy atom. The lowest BCUT2D eigenvalue weighted by Crippen LogP contribution is -2.36. The number of carbonyl (C=O) groups is 1. The molecule has 0 saturated carbocycles. The van der Waals surface area contributed by atoms with Gasteiger partial charge in [0.2, 0.25) is 0 Å². The smallest absolute Gasteiger partial charge is 0.259 e. The van der Waals surface area contributed by atoms with Crippen LogP contribution in [0.2, 0.25) is 0 Å². The fraction of sp³-hybridized carbons (Fsp3) is 0.103. The summed E-state index contributed by atoms with van der Waals surface area (Å²) in [5.41, 5.74) is 3.08. The number of H-pyrrole nitrogens is 1. The summed E-state index contributed by atoms with van der Waals surface area (Å²) in [5, 5.41) is 0. The molecule has 35 heavy (non-hydrogen) atoms. The zero-order valence-electron chi connectivity index (χ0n) is 18.9. The number of imidazole rings is 1. The predicted octanol–water partition coefficient (Wildman–Crippen LogP) is 6.86. The number of amides is 1. The minimum Gasteiger partial charge on any atom is -0.340 e. The summed E-state index contributed by atoms with van der Waals surface area (Å²) in [6.45, 7) is 0. The Kier molecular flexibility index (Phi) is 6.35. The molecule has 174 valence electrons. The van der Waals surface area contributed by atoms with Gasteiger partial charge in [-0.15, -0.1) is 0 Å². The van der Waals surface area contributed by atoms with Crippen LogP contribution in [-0.4, -0.2) is 15.9 Å². The fourth-order valence-electron chi connectivity index (χ4n) is 4.26. The van der Waals surface area contributed by atoms with Crippen LogP contribution in [0.1, 0.15) is 34.2 Å². The third-order valence-electron chi connectivity index (χ3n) is 6.01. The first-order valence-corrected chi connectivity index (χ1v) is 11.4. The second-order valence-electron chi connectivity index (χ2n) is 8.31. The van der Waals surface area contributed by atoms with Crippen LogP contribution < -0.4 is 4.90 Å². The van der Waals surface area contributed by atoms with Gasteiger partial charge in [-0.1, -0.05) is 54.6 Å². The van der Waals surface area contributed by atoms with Gasteiger partial charge in [0, 0.05) is 5.56 Å². The quantitative estimate of drug-likeness (QED) is 0.284. The minimum atomic E-state index is -0.600. The summed E-state index contributed by atoms with van der Waals surface area (Å²) in [6.07, 6.45) is 1.13. The second-order valence-corrected chi connectivity index (χ2v) is 8.31. The van der Waals surface area contributed by atoms with Crippen LogP contribution in [0.25, 0.3) is 11.0 Å². The SMILES string of the molecule is O=C(c1ccc(F)cc1)N(c1ccccc1F)C(CCc1ccccc1)c1nc2ccccc2[nH]1. The average Bonchev–Trinajstić information content (AvgIpc) is 3.32. The van der Waals surface area contributed by atoms with Crippen molar-refractivity contribution in [1.82, 2.24) is 9.97 Å². The van der Waals surface area contributed by atoms with Crippen molar-refractivity contribution in [3.8, 4) is 0 Å². The van der Waals surface area contributed by atoms with E-state index in [0.717, 1.165) is 16.6 Å². The van der Waals surface area contributed by atoms with Gasteiger partial charge in [-0.3, -0.25) is 9.69 Å². The van der Waals surface area contributed by atoms with Crippen molar-refractivity contribution < 1.29 is 13.6 Å². The molecule has 0 spiro atoms. The molecule has 1 unspecified atom stereocenters. The van der Waals surface area contributed by atoms with Crippen LogP contribution >= 0.6 is 0 Å². The van der Waals surface area contributed by atoms with Gasteiger partial charge in [-0.05, 0) is 66.9 Å². The number of carbonyl (C=O) groups excluding carboxylic acids is 1. The van der Waals surface area contributed by atoms with Crippen molar-refractivity contribution in [2.75, 3.05) is 4.90 Å². The van der Waals surface area contributed by atoms with E-state index in [2.05, 4.69) is 4.98 Å². The zero-order valence-corrected chi connectivity index (χ0v) is 18.9. The van der Waals surface area contributed by atoms with Gasteiger partial charge in [-0.2, -0.15) is 0 Å². The van der Waals surface area contributed by atoms with Gasteiger partial charge in [0.1, 0.15) is 17.5 Å². The van der Waals surface area contributed by atoms with E-state index in [9.17, 15) is 9.18 Å². The lowest BCUT2D eigenvalue weighted by atomic mass is 10.0. The maximum absolute atomic E-state index is 15.1. The van der Waals surface area contributed by atoms with Gasteiger partial charge in [0.05, 0.1) is 22.8 Å². The third-order valence-corrected chi connectivity index (χ3v) is 6.01. The van der Waals surface area contributed by atoms with Gasteiger partial charge >= 0.3 is 0 Å². The summed E-state index contributed by atoms with van der Waals surface area (Å²) in [6, 6.07) is 28.4. The molecule has 1 heterocycles. The van der Waals surface area contributed by atoms with Crippen molar-refractivity contribution in [2.24, 2.45) is 0 Å². The normalized spacial score (nSPS) is 11.9. The Balaban J connectivity index is 1.63. The summed E-state index contributed by atoms with van der Waals surface area (Å²) in [7, 11) is 0. The molecule has 0 fully saturated rings. The molecule has 1 amide bonds. The van der Waals surface area contributed by atoms with Crippen molar-refractivity contribution in [2.45, 2.75) is 18.9 Å². The highest BCUT2D eigenvalue weighted by Gasteiger charge is 2.31. The highest BCUT2D eigenvalue weighted by Crippen LogP contribution is 2.34. The predicted molar refractivity (Wildman–Crippen MR) is 133 cm³/mol. The highest BCUT2D eigenvalue weighted by molar-refractivity contribution is 6.06. The van der Waals surface area contributed by atoms with Crippen molar-refractivity contribution in [3.63, 3.8) is 0 Å². The lowest BCUT2D eigenvalue weighted by Gasteiger charge is -2.31. The molecule has 5 aromatic rings. The number of halogens is 2. The maximum Gasteiger partial charge on any atom is 0.259 e. The van der Waals surface area contributed by atoms with Gasteiger partial charge in [-0.25, -0.2) is 13.8 Å². The van der Waals surface area contributed by atoms with Crippen LogP contribution in [-0.2, 0) is 6.42 Å². The molecule has 0 radical (unpaired) electrons. The molecule has 4 aromatic carbocycles. The van der Waals surface area contributed by atoms with E-state index in [-0.39, 0.29) is 11.3 Å². The molecule has 0 aliphatic carbocycles. The zero-order chi connectivity index (χ0) is 24.2. The Morgan fingerprint density at radius 3 is 2.26 bits per heavy atom. The minimum absolute atomic E-state index is 0.139. The maximum atomic E-state index is 15.1. The van der Waals surface area contributed by atoms with E-state index in [1.165, 1.54) is 35.2 Å². The number of para-hydroxylation sites is 3. The number of aromatic amines is 1. The van der Waals surface area contributed by atoms with Crippen LogP contribution in [0.4, 0.5) is 14.5 Å². The number of anilines is 1. The van der Waals surface area contributed by atoms with E-state index >= 15 is 4.39 Å². The van der Waals surface area contributed by atoms with Crippen LogP contribution in [0.15, 0.2) is 103 Å². The van der Waals surface area contributed by atoms with Crippen LogP contribution in [0, 0.1) is 11.6 Å². The Hall–Kier alpha value is -4.32. The number of fused-ring (bicyclic) bond motifs is 1. The molecule has 0 aliphatic rings. The molecule has 6 heteroatoms. The van der Waals surface area contributed by atoms with E-state index in [4.69, 9.17) is 4.98 Å². The Labute approximate surface area is 201 Å². The fourth-order valence-corrected chi connectivity index (χ4v) is 4.26. The second kappa shape index (κ2) is 9.89. The summed E-state index contributed by atoms with van der Waals surface area (Å²) in [4.78, 5) is 23.4. The molecular formula is C29H23F2N3O. The molecule has 0 bridgehead atoms. The number of nitrogens with one attached hydrogen (secondary N) is 1. The first-order valence-electron chi connectivity index (χ1n) is 11.4. The Bertz CT molecular complexity index is 1420. The summed E-state index contributed by atoms with van der Waals surface area (Å²) < 4.78 is 28.7. The standard InChI is InChI=1S/C29H23F2N3O/c30-22-17-15-21(16-18-22)29(35)34(26-13-7-4-10-23(26)31)27(19-14-20-8-2-1-3-9-20)28-32-24-11-5-6-12-25(24)33-28/h1-13,15-18,27H,14,19H2,(H,32,33). The highest BCUT2D eigenvalue weighted by atomic mass is 19.1. The van der Waals surface area contributed by atoms with Gasteiger partial charge in [0.15, 0.2) is 0 Å². The Morgan fingerprint density at radius 1 is 0.829 bits per heavy atom.